The van der Waals surface area contributed by atoms with E-state index in [-0.39, 0.29) is 17.3 Å². The summed E-state index contributed by atoms with van der Waals surface area (Å²) in [5.41, 5.74) is 11.8. The maximum absolute atomic E-state index is 12.6. The molecule has 4 atom stereocenters. The Hall–Kier alpha value is -1.98. The van der Waals surface area contributed by atoms with Crippen LogP contribution < -0.4 is 32.7 Å². The molecular formula is C38H76N6O8S2. The minimum absolute atomic E-state index is 0.0542. The van der Waals surface area contributed by atoms with Crippen molar-refractivity contribution in [2.45, 2.75) is 166 Å². The van der Waals surface area contributed by atoms with Crippen molar-refractivity contribution in [1.82, 2.24) is 21.3 Å². The van der Waals surface area contributed by atoms with Gasteiger partial charge in [-0.15, -0.1) is 0 Å². The number of carbonyl (C=O) groups excluding carboxylic acids is 4. The molecule has 0 bridgehead atoms. The smallest absolute Gasteiger partial charge is 0.244 e. The lowest BCUT2D eigenvalue weighted by Crippen LogP contribution is -2.54. The number of aliphatic hydroxyl groups excluding tert-OH is 2. The van der Waals surface area contributed by atoms with Gasteiger partial charge in [0.25, 0.3) is 0 Å². The average Bonchev–Trinajstić information content (AvgIpc) is 3.14. The van der Waals surface area contributed by atoms with Gasteiger partial charge in [-0.25, -0.2) is 8.42 Å². The van der Waals surface area contributed by atoms with Gasteiger partial charge in [-0.05, 0) is 12.8 Å². The van der Waals surface area contributed by atoms with E-state index in [0.29, 0.717) is 13.1 Å². The molecule has 318 valence electrons. The number of aliphatic hydroxyl groups is 2. The summed E-state index contributed by atoms with van der Waals surface area (Å²) >= 11 is 1.11. The Morgan fingerprint density at radius 3 is 1.28 bits per heavy atom. The third-order valence-electron chi connectivity index (χ3n) is 9.23. The summed E-state index contributed by atoms with van der Waals surface area (Å²) in [5.74, 6) is -3.47. The molecule has 4 unspecified atom stereocenters. The summed E-state index contributed by atoms with van der Waals surface area (Å²) in [7, 11) is -3.79. The predicted molar refractivity (Wildman–Crippen MR) is 220 cm³/mol. The van der Waals surface area contributed by atoms with Crippen LogP contribution in [0.4, 0.5) is 0 Å². The first-order valence-corrected chi connectivity index (χ1v) is 23.6. The first kappa shape index (κ1) is 52.0. The molecule has 0 heterocycles. The van der Waals surface area contributed by atoms with E-state index in [1.807, 2.05) is 0 Å². The molecule has 4 amide bonds. The van der Waals surface area contributed by atoms with E-state index in [4.69, 9.17) is 11.5 Å². The van der Waals surface area contributed by atoms with Crippen LogP contribution in [0.5, 0.6) is 0 Å². The van der Waals surface area contributed by atoms with Crippen LogP contribution >= 0.6 is 11.8 Å². The third kappa shape index (κ3) is 28.4. The maximum Gasteiger partial charge on any atom is 0.244 e. The van der Waals surface area contributed by atoms with E-state index in [2.05, 4.69) is 35.1 Å². The largest absolute Gasteiger partial charge is 0.394 e. The number of amides is 4. The average molecular weight is 809 g/mol. The number of rotatable bonds is 37. The molecule has 0 spiro atoms. The molecule has 0 saturated carbocycles. The monoisotopic (exact) mass is 809 g/mol. The van der Waals surface area contributed by atoms with Crippen LogP contribution in [0.15, 0.2) is 0 Å². The molecular weight excluding hydrogens is 733 g/mol. The Morgan fingerprint density at radius 2 is 0.907 bits per heavy atom. The molecule has 14 nitrogen and oxygen atoms in total. The van der Waals surface area contributed by atoms with Gasteiger partial charge >= 0.3 is 0 Å². The Bertz CT molecular complexity index is 1100. The Kier molecular flexibility index (Phi) is 33.0. The molecule has 0 aliphatic rings. The van der Waals surface area contributed by atoms with Crippen molar-refractivity contribution in [3.63, 3.8) is 0 Å². The number of sulfone groups is 1. The topological polar surface area (TPSA) is 243 Å². The number of thioether (sulfide) groups is 1. The summed E-state index contributed by atoms with van der Waals surface area (Å²) in [6, 6.07) is -4.91. The third-order valence-corrected chi connectivity index (χ3v) is 12.3. The summed E-state index contributed by atoms with van der Waals surface area (Å²) in [6.07, 6.45) is 23.2. The van der Waals surface area contributed by atoms with Gasteiger partial charge in [0.05, 0.1) is 36.8 Å². The molecule has 0 aromatic heterocycles. The van der Waals surface area contributed by atoms with Gasteiger partial charge in [0.2, 0.25) is 23.6 Å². The van der Waals surface area contributed by atoms with Gasteiger partial charge in [0.1, 0.15) is 12.1 Å². The van der Waals surface area contributed by atoms with E-state index in [1.54, 1.807) is 0 Å². The van der Waals surface area contributed by atoms with Crippen molar-refractivity contribution >= 4 is 45.2 Å². The predicted octanol–water partition coefficient (Wildman–Crippen LogP) is 2.82. The molecule has 10 N–H and O–H groups in total. The first-order valence-electron chi connectivity index (χ1n) is 20.6. The molecule has 0 aromatic carbocycles. The zero-order valence-electron chi connectivity index (χ0n) is 33.4. The first-order chi connectivity index (χ1) is 25.9. The zero-order chi connectivity index (χ0) is 40.5. The summed E-state index contributed by atoms with van der Waals surface area (Å²) < 4.78 is 25.3. The molecule has 0 saturated heterocycles. The van der Waals surface area contributed by atoms with Gasteiger partial charge in [-0.3, -0.25) is 19.2 Å². The van der Waals surface area contributed by atoms with E-state index in [9.17, 15) is 37.8 Å². The van der Waals surface area contributed by atoms with Crippen LogP contribution in [0.25, 0.3) is 0 Å². The highest BCUT2D eigenvalue weighted by Gasteiger charge is 2.27. The van der Waals surface area contributed by atoms with E-state index >= 15 is 0 Å². The quantitative estimate of drug-likeness (QED) is 0.0425. The second kappa shape index (κ2) is 34.3. The van der Waals surface area contributed by atoms with E-state index in [0.717, 1.165) is 56.7 Å². The molecule has 0 aromatic rings. The highest BCUT2D eigenvalue weighted by Crippen LogP contribution is 2.12. The van der Waals surface area contributed by atoms with Crippen LogP contribution in [0.1, 0.15) is 142 Å². The fourth-order valence-electron chi connectivity index (χ4n) is 5.74. The van der Waals surface area contributed by atoms with Crippen molar-refractivity contribution in [1.29, 1.82) is 0 Å². The van der Waals surface area contributed by atoms with Gasteiger partial charge < -0.3 is 42.9 Å². The van der Waals surface area contributed by atoms with Crippen molar-refractivity contribution in [3.8, 4) is 0 Å². The molecule has 0 aliphatic carbocycles. The van der Waals surface area contributed by atoms with Crippen LogP contribution in [0, 0.1) is 0 Å². The molecule has 0 fully saturated rings. The van der Waals surface area contributed by atoms with Crippen molar-refractivity contribution in [2.75, 3.05) is 49.3 Å². The number of unbranched alkanes of at least 4 members (excludes halogenated alkanes) is 18. The Labute approximate surface area is 330 Å². The molecule has 0 radical (unpaired) electrons. The lowest BCUT2D eigenvalue weighted by molar-refractivity contribution is -0.130. The normalized spacial score (nSPS) is 13.8. The van der Waals surface area contributed by atoms with Crippen LogP contribution in [0.2, 0.25) is 0 Å². The number of nitrogens with one attached hydrogen (secondary N) is 4. The highest BCUT2D eigenvalue weighted by atomic mass is 32.2. The lowest BCUT2D eigenvalue weighted by atomic mass is 10.1. The van der Waals surface area contributed by atoms with Crippen molar-refractivity contribution in [3.05, 3.63) is 0 Å². The SMILES string of the molecule is CCCCCCCCCCCCNC(=O)C(CO)NC(=O)C(N)CSCCS(=O)(=O)CC(N)C(=O)NC(CO)C(=O)NCCCCCCCCCCCC. The number of nitrogens with two attached hydrogens (primary N) is 2. The number of hydrogen-bond acceptors (Lipinski definition) is 11. The number of carbonyl (C=O) groups is 4. The van der Waals surface area contributed by atoms with Gasteiger partial charge in [-0.2, -0.15) is 11.8 Å². The zero-order valence-corrected chi connectivity index (χ0v) is 35.1. The standard InChI is InChI=1S/C38H76N6O8S2/c1-3-5-7-9-11-13-15-17-19-21-23-41-37(49)33(27-45)43-35(47)31(39)29-53-25-26-54(51,52)30-32(40)36(48)44-34(28-46)38(50)42-24-22-20-18-16-14-12-10-8-6-4-2/h31-34,45-46H,3-30,39-40H2,1-2H3,(H,41,49)(H,42,50)(H,43,47)(H,44,48). The summed E-state index contributed by atoms with van der Waals surface area (Å²) in [4.78, 5) is 50.0. The van der Waals surface area contributed by atoms with Crippen molar-refractivity contribution in [2.24, 2.45) is 11.5 Å². The Morgan fingerprint density at radius 1 is 0.556 bits per heavy atom. The molecule has 54 heavy (non-hydrogen) atoms. The maximum atomic E-state index is 12.6. The second-order valence-electron chi connectivity index (χ2n) is 14.3. The van der Waals surface area contributed by atoms with Crippen LogP contribution in [0.3, 0.4) is 0 Å². The minimum Gasteiger partial charge on any atom is -0.394 e. The van der Waals surface area contributed by atoms with Gasteiger partial charge in [0.15, 0.2) is 9.84 Å². The van der Waals surface area contributed by atoms with E-state index in [1.165, 1.54) is 83.5 Å². The molecule has 0 aliphatic heterocycles. The lowest BCUT2D eigenvalue weighted by Gasteiger charge is -2.19. The fraction of sp³-hybridized carbons (Fsp3) is 0.895. The summed E-state index contributed by atoms with van der Waals surface area (Å²) in [6.45, 7) is 4.00. The highest BCUT2D eigenvalue weighted by molar-refractivity contribution is 8.00. The van der Waals surface area contributed by atoms with Crippen molar-refractivity contribution < 1.29 is 37.8 Å². The molecule has 0 rings (SSSR count). The molecule has 16 heteroatoms. The van der Waals surface area contributed by atoms with Gasteiger partial charge in [-0.1, -0.05) is 129 Å². The second-order valence-corrected chi connectivity index (χ2v) is 17.7. The van der Waals surface area contributed by atoms with E-state index < -0.39 is 76.6 Å². The summed E-state index contributed by atoms with van der Waals surface area (Å²) in [5, 5.41) is 29.5. The fourth-order valence-corrected chi connectivity index (χ4v) is 8.67. The van der Waals surface area contributed by atoms with Crippen LogP contribution in [-0.4, -0.2) is 116 Å². The number of hydrogen-bond donors (Lipinski definition) is 8. The van der Waals surface area contributed by atoms with Gasteiger partial charge in [0, 0.05) is 24.6 Å². The Balaban J connectivity index is 4.29. The van der Waals surface area contributed by atoms with Crippen LogP contribution in [-0.2, 0) is 29.0 Å². The minimum atomic E-state index is -3.79.